The first-order chi connectivity index (χ1) is 15.5. The second-order valence-corrected chi connectivity index (χ2v) is 7.49. The number of amides is 1. The van der Waals surface area contributed by atoms with Crippen LogP contribution in [0, 0.1) is 10.1 Å². The van der Waals surface area contributed by atoms with Crippen LogP contribution in [-0.2, 0) is 13.1 Å². The van der Waals surface area contributed by atoms with Gasteiger partial charge >= 0.3 is 0 Å². The van der Waals surface area contributed by atoms with Gasteiger partial charge in [0.25, 0.3) is 11.6 Å². The molecule has 0 radical (unpaired) electrons. The third-order valence-corrected chi connectivity index (χ3v) is 5.27. The zero-order chi connectivity index (χ0) is 22.5. The van der Waals surface area contributed by atoms with Crippen LogP contribution in [0.5, 0.6) is 0 Å². The first-order valence-corrected chi connectivity index (χ1v) is 10.2. The van der Waals surface area contributed by atoms with Crippen molar-refractivity contribution in [2.75, 3.05) is 7.05 Å². The Kier molecular flexibility index (Phi) is 6.07. The third-order valence-electron chi connectivity index (χ3n) is 5.27. The van der Waals surface area contributed by atoms with Crippen molar-refractivity contribution < 1.29 is 9.72 Å². The Morgan fingerprint density at radius 3 is 2.44 bits per heavy atom. The van der Waals surface area contributed by atoms with Gasteiger partial charge in [-0.1, -0.05) is 60.7 Å². The molecule has 7 heteroatoms. The predicted octanol–water partition coefficient (Wildman–Crippen LogP) is 4.78. The largest absolute Gasteiger partial charge is 0.337 e. The number of carbonyl (C=O) groups excluding carboxylic acids is 1. The molecule has 0 aliphatic rings. The summed E-state index contributed by atoms with van der Waals surface area (Å²) in [6.07, 6.45) is 3.66. The van der Waals surface area contributed by atoms with E-state index in [-0.39, 0.29) is 18.1 Å². The van der Waals surface area contributed by atoms with E-state index in [2.05, 4.69) is 5.10 Å². The summed E-state index contributed by atoms with van der Waals surface area (Å²) in [7, 11) is 1.66. The molecule has 7 nitrogen and oxygen atoms in total. The molecule has 0 saturated heterocycles. The zero-order valence-electron chi connectivity index (χ0n) is 17.6. The Morgan fingerprint density at radius 2 is 1.72 bits per heavy atom. The summed E-state index contributed by atoms with van der Waals surface area (Å²) in [6.45, 7) is 0.819. The van der Waals surface area contributed by atoms with E-state index in [1.165, 1.54) is 11.0 Å². The average Bonchev–Trinajstić information content (AvgIpc) is 3.32. The summed E-state index contributed by atoms with van der Waals surface area (Å²) in [4.78, 5) is 25.6. The van der Waals surface area contributed by atoms with Crippen LogP contribution in [0.2, 0.25) is 0 Å². The van der Waals surface area contributed by atoms with Crippen molar-refractivity contribution in [1.82, 2.24) is 14.7 Å². The van der Waals surface area contributed by atoms with E-state index in [4.69, 9.17) is 0 Å². The van der Waals surface area contributed by atoms with Crippen LogP contribution in [0.3, 0.4) is 0 Å². The number of nitro groups is 1. The first kappa shape index (κ1) is 21.0. The Bertz CT molecular complexity index is 1230. The molecule has 0 aliphatic carbocycles. The van der Waals surface area contributed by atoms with Crippen LogP contribution < -0.4 is 0 Å². The lowest BCUT2D eigenvalue weighted by molar-refractivity contribution is -0.385. The Balaban J connectivity index is 1.56. The van der Waals surface area contributed by atoms with Crippen LogP contribution in [0.1, 0.15) is 21.5 Å². The molecule has 0 spiro atoms. The highest BCUT2D eigenvalue weighted by molar-refractivity contribution is 6.00. The zero-order valence-corrected chi connectivity index (χ0v) is 17.6. The molecule has 0 fully saturated rings. The van der Waals surface area contributed by atoms with E-state index < -0.39 is 4.92 Å². The topological polar surface area (TPSA) is 81.3 Å². The van der Waals surface area contributed by atoms with Crippen LogP contribution >= 0.6 is 0 Å². The number of benzene rings is 3. The fourth-order valence-corrected chi connectivity index (χ4v) is 3.65. The lowest BCUT2D eigenvalue weighted by Gasteiger charge is -2.19. The van der Waals surface area contributed by atoms with E-state index in [0.717, 1.165) is 16.7 Å². The maximum atomic E-state index is 13.2. The van der Waals surface area contributed by atoms with Gasteiger partial charge in [0.1, 0.15) is 0 Å². The Labute approximate surface area is 185 Å². The van der Waals surface area contributed by atoms with E-state index in [1.807, 2.05) is 59.4 Å². The third kappa shape index (κ3) is 4.57. The van der Waals surface area contributed by atoms with Gasteiger partial charge in [0.2, 0.25) is 0 Å². The number of para-hydroxylation sites is 1. The molecule has 32 heavy (non-hydrogen) atoms. The average molecular weight is 426 g/mol. The predicted molar refractivity (Wildman–Crippen MR) is 122 cm³/mol. The molecular weight excluding hydrogens is 404 g/mol. The maximum absolute atomic E-state index is 13.2. The van der Waals surface area contributed by atoms with Crippen molar-refractivity contribution in [3.05, 3.63) is 118 Å². The van der Waals surface area contributed by atoms with Gasteiger partial charge in [-0.15, -0.1) is 0 Å². The van der Waals surface area contributed by atoms with Gasteiger partial charge in [-0.3, -0.25) is 19.6 Å². The second-order valence-electron chi connectivity index (χ2n) is 7.49. The summed E-state index contributed by atoms with van der Waals surface area (Å²) in [5.41, 5.74) is 3.90. The van der Waals surface area contributed by atoms with E-state index >= 15 is 0 Å². The van der Waals surface area contributed by atoms with Crippen molar-refractivity contribution in [2.24, 2.45) is 0 Å². The van der Waals surface area contributed by atoms with Crippen LogP contribution in [-0.4, -0.2) is 32.6 Å². The summed E-state index contributed by atoms with van der Waals surface area (Å²) < 4.78 is 1.85. The quantitative estimate of drug-likeness (QED) is 0.315. The second kappa shape index (κ2) is 9.26. The van der Waals surface area contributed by atoms with Gasteiger partial charge in [0.15, 0.2) is 0 Å². The summed E-state index contributed by atoms with van der Waals surface area (Å²) in [5, 5.41) is 15.5. The van der Waals surface area contributed by atoms with Crippen molar-refractivity contribution >= 4 is 11.6 Å². The molecule has 0 unspecified atom stereocenters. The molecule has 0 atom stereocenters. The summed E-state index contributed by atoms with van der Waals surface area (Å²) in [6, 6.07) is 23.8. The molecule has 0 N–H and O–H groups in total. The maximum Gasteiger partial charge on any atom is 0.274 e. The molecule has 3 aromatic carbocycles. The molecule has 4 rings (SSSR count). The summed E-state index contributed by atoms with van der Waals surface area (Å²) in [5.74, 6) is -0.195. The minimum absolute atomic E-state index is 0.00760. The van der Waals surface area contributed by atoms with Gasteiger partial charge in [0, 0.05) is 36.6 Å². The number of rotatable bonds is 7. The first-order valence-electron chi connectivity index (χ1n) is 10.2. The molecule has 0 aliphatic heterocycles. The van der Waals surface area contributed by atoms with Crippen molar-refractivity contribution in [2.45, 2.75) is 13.1 Å². The van der Waals surface area contributed by atoms with Gasteiger partial charge in [-0.25, -0.2) is 0 Å². The van der Waals surface area contributed by atoms with Crippen molar-refractivity contribution in [3.8, 4) is 11.1 Å². The monoisotopic (exact) mass is 426 g/mol. The highest BCUT2D eigenvalue weighted by Gasteiger charge is 2.20. The molecule has 4 aromatic rings. The fraction of sp³-hybridized carbons (Fsp3) is 0.120. The number of aromatic nitrogens is 2. The standard InChI is InChI=1S/C25H22N4O3/c1-27(18-21-7-2-5-10-24(21)29(31)32)25(30)23-9-4-3-8-22(23)20-13-11-19(12-14-20)17-28-16-6-15-26-28/h2-16H,17-18H2,1H3. The van der Waals surface area contributed by atoms with Crippen LogP contribution in [0.15, 0.2) is 91.3 Å². The van der Waals surface area contributed by atoms with E-state index in [9.17, 15) is 14.9 Å². The van der Waals surface area contributed by atoms with Gasteiger partial charge in [-0.05, 0) is 28.8 Å². The number of nitrogens with zero attached hydrogens (tertiary/aromatic N) is 4. The lowest BCUT2D eigenvalue weighted by Crippen LogP contribution is -2.27. The number of nitro benzene ring substituents is 1. The lowest BCUT2D eigenvalue weighted by atomic mass is 9.97. The molecule has 1 amide bonds. The van der Waals surface area contributed by atoms with Gasteiger partial charge in [0.05, 0.1) is 18.0 Å². The van der Waals surface area contributed by atoms with Gasteiger partial charge < -0.3 is 4.90 Å². The fourth-order valence-electron chi connectivity index (χ4n) is 3.65. The number of carbonyl (C=O) groups is 1. The minimum atomic E-state index is -0.424. The molecule has 0 bridgehead atoms. The van der Waals surface area contributed by atoms with Gasteiger partial charge in [-0.2, -0.15) is 5.10 Å². The highest BCUT2D eigenvalue weighted by Crippen LogP contribution is 2.26. The van der Waals surface area contributed by atoms with Crippen molar-refractivity contribution in [3.63, 3.8) is 0 Å². The molecular formula is C25H22N4O3. The number of hydrogen-bond acceptors (Lipinski definition) is 4. The molecule has 160 valence electrons. The Hall–Kier alpha value is -4.26. The van der Waals surface area contributed by atoms with Crippen LogP contribution in [0.25, 0.3) is 11.1 Å². The minimum Gasteiger partial charge on any atom is -0.337 e. The molecule has 1 heterocycles. The number of hydrogen-bond donors (Lipinski definition) is 0. The molecule has 1 aromatic heterocycles. The van der Waals surface area contributed by atoms with E-state index in [1.54, 1.807) is 37.5 Å². The van der Waals surface area contributed by atoms with Crippen molar-refractivity contribution in [1.29, 1.82) is 0 Å². The van der Waals surface area contributed by atoms with Crippen LogP contribution in [0.4, 0.5) is 5.69 Å². The smallest absolute Gasteiger partial charge is 0.274 e. The Morgan fingerprint density at radius 1 is 1.00 bits per heavy atom. The SMILES string of the molecule is CN(Cc1ccccc1[N+](=O)[O-])C(=O)c1ccccc1-c1ccc(Cn2cccn2)cc1. The normalized spacial score (nSPS) is 10.7. The van der Waals surface area contributed by atoms with E-state index in [0.29, 0.717) is 17.7 Å². The highest BCUT2D eigenvalue weighted by atomic mass is 16.6. The molecule has 0 saturated carbocycles. The summed E-state index contributed by atoms with van der Waals surface area (Å²) >= 11 is 0.